The van der Waals surface area contributed by atoms with Gasteiger partial charge in [-0.15, -0.1) is 0 Å². The van der Waals surface area contributed by atoms with E-state index in [1.54, 1.807) is 0 Å². The van der Waals surface area contributed by atoms with Gasteiger partial charge in [0.25, 0.3) is 0 Å². The van der Waals surface area contributed by atoms with Crippen molar-refractivity contribution >= 4 is 0 Å². The molecule has 0 aromatic rings. The van der Waals surface area contributed by atoms with Crippen LogP contribution in [0, 0.1) is 0 Å². The van der Waals surface area contributed by atoms with E-state index < -0.39 is 25.0 Å². The Hall–Kier alpha value is -0.290. The molecule has 78 valence electrons. The van der Waals surface area contributed by atoms with Crippen molar-refractivity contribution < 1.29 is 23.0 Å². The minimum atomic E-state index is -4.29. The minimum Gasteiger partial charge on any atom is -0.390 e. The second-order valence-electron chi connectivity index (χ2n) is 3.32. The average molecular weight is 198 g/mol. The largest absolute Gasteiger partial charge is 0.411 e. The molecule has 0 radical (unpaired) electrons. The van der Waals surface area contributed by atoms with Crippen LogP contribution in [0.1, 0.15) is 25.7 Å². The maximum Gasteiger partial charge on any atom is 0.411 e. The van der Waals surface area contributed by atoms with Crippen molar-refractivity contribution in [2.45, 2.75) is 44.1 Å². The normalized spacial score (nSPS) is 30.5. The first-order valence-electron chi connectivity index (χ1n) is 4.35. The lowest BCUT2D eigenvalue weighted by molar-refractivity contribution is -0.198. The number of ether oxygens (including phenoxy) is 1. The van der Waals surface area contributed by atoms with Crippen LogP contribution in [0.4, 0.5) is 13.2 Å². The first-order valence-corrected chi connectivity index (χ1v) is 4.35. The highest BCUT2D eigenvalue weighted by molar-refractivity contribution is 4.75. The molecule has 0 saturated heterocycles. The van der Waals surface area contributed by atoms with E-state index in [0.29, 0.717) is 12.8 Å². The van der Waals surface area contributed by atoms with Crippen LogP contribution >= 0.6 is 0 Å². The smallest absolute Gasteiger partial charge is 0.390 e. The zero-order chi connectivity index (χ0) is 9.90. The molecule has 0 aromatic heterocycles. The summed E-state index contributed by atoms with van der Waals surface area (Å²) in [6, 6.07) is 0. The number of rotatable bonds is 2. The summed E-state index contributed by atoms with van der Waals surface area (Å²) >= 11 is 0. The molecule has 0 aliphatic heterocycles. The van der Waals surface area contributed by atoms with E-state index >= 15 is 0 Å². The number of hydrogen-bond acceptors (Lipinski definition) is 2. The van der Waals surface area contributed by atoms with E-state index in [9.17, 15) is 18.3 Å². The number of hydrogen-bond donors (Lipinski definition) is 1. The lowest BCUT2D eigenvalue weighted by atomic mass is 9.95. The molecule has 1 saturated carbocycles. The van der Waals surface area contributed by atoms with Crippen LogP contribution in [0.15, 0.2) is 0 Å². The van der Waals surface area contributed by atoms with Crippen molar-refractivity contribution in [3.63, 3.8) is 0 Å². The molecule has 5 heteroatoms. The lowest BCUT2D eigenvalue weighted by Gasteiger charge is -2.27. The fourth-order valence-electron chi connectivity index (χ4n) is 1.47. The molecule has 1 N–H and O–H groups in total. The van der Waals surface area contributed by atoms with Gasteiger partial charge in [-0.1, -0.05) is 12.8 Å². The molecule has 2 nitrogen and oxygen atoms in total. The average Bonchev–Trinajstić information content (AvgIpc) is 2.01. The standard InChI is InChI=1S/C8H13F3O2/c9-8(10,11)5-13-7-4-2-1-3-6(7)12/h6-7,12H,1-5H2. The molecular weight excluding hydrogens is 185 g/mol. The third-order valence-corrected chi connectivity index (χ3v) is 2.13. The van der Waals surface area contributed by atoms with Crippen LogP contribution in [-0.4, -0.2) is 30.1 Å². The van der Waals surface area contributed by atoms with Gasteiger partial charge in [0.15, 0.2) is 0 Å². The Bertz CT molecular complexity index is 158. The van der Waals surface area contributed by atoms with Gasteiger partial charge in [-0.05, 0) is 12.8 Å². The maximum atomic E-state index is 11.7. The maximum absolute atomic E-state index is 11.7. The molecule has 2 atom stereocenters. The fraction of sp³-hybridized carbons (Fsp3) is 1.00. The Labute approximate surface area is 74.7 Å². The SMILES string of the molecule is OC1CCCCC1OCC(F)(F)F. The third kappa shape index (κ3) is 3.95. The molecule has 13 heavy (non-hydrogen) atoms. The molecule has 1 aliphatic rings. The number of aliphatic hydroxyl groups excluding tert-OH is 1. The summed E-state index contributed by atoms with van der Waals surface area (Å²) in [6.45, 7) is -1.26. The fourth-order valence-corrected chi connectivity index (χ4v) is 1.47. The summed E-state index contributed by atoms with van der Waals surface area (Å²) in [6.07, 6.45) is -2.88. The Morgan fingerprint density at radius 3 is 2.38 bits per heavy atom. The van der Waals surface area contributed by atoms with Crippen LogP contribution in [0.2, 0.25) is 0 Å². The highest BCUT2D eigenvalue weighted by Gasteiger charge is 2.32. The number of alkyl halides is 3. The highest BCUT2D eigenvalue weighted by Crippen LogP contribution is 2.23. The van der Waals surface area contributed by atoms with Gasteiger partial charge in [0, 0.05) is 0 Å². The van der Waals surface area contributed by atoms with E-state index in [1.165, 1.54) is 0 Å². The van der Waals surface area contributed by atoms with Crippen LogP contribution in [0.25, 0.3) is 0 Å². The molecule has 0 bridgehead atoms. The second-order valence-corrected chi connectivity index (χ2v) is 3.32. The zero-order valence-electron chi connectivity index (χ0n) is 7.18. The molecule has 2 unspecified atom stereocenters. The van der Waals surface area contributed by atoms with Gasteiger partial charge in [-0.2, -0.15) is 13.2 Å². The van der Waals surface area contributed by atoms with Crippen molar-refractivity contribution in [1.82, 2.24) is 0 Å². The minimum absolute atomic E-state index is 0.525. The van der Waals surface area contributed by atoms with E-state index in [-0.39, 0.29) is 0 Å². The Balaban J connectivity index is 2.27. The van der Waals surface area contributed by atoms with Gasteiger partial charge in [0.2, 0.25) is 0 Å². The molecule has 1 fully saturated rings. The molecular formula is C8H13F3O2. The molecule has 1 aliphatic carbocycles. The van der Waals surface area contributed by atoms with Gasteiger partial charge in [-0.25, -0.2) is 0 Å². The summed E-state index contributed by atoms with van der Waals surface area (Å²) in [4.78, 5) is 0. The summed E-state index contributed by atoms with van der Waals surface area (Å²) in [5, 5.41) is 9.27. The van der Waals surface area contributed by atoms with Crippen LogP contribution < -0.4 is 0 Å². The molecule has 0 spiro atoms. The molecule has 0 heterocycles. The van der Waals surface area contributed by atoms with Crippen molar-refractivity contribution in [3.05, 3.63) is 0 Å². The zero-order valence-corrected chi connectivity index (χ0v) is 7.18. The van der Waals surface area contributed by atoms with Crippen molar-refractivity contribution in [2.75, 3.05) is 6.61 Å². The topological polar surface area (TPSA) is 29.5 Å². The van der Waals surface area contributed by atoms with Gasteiger partial charge in [-0.3, -0.25) is 0 Å². The monoisotopic (exact) mass is 198 g/mol. The van der Waals surface area contributed by atoms with E-state index in [4.69, 9.17) is 0 Å². The van der Waals surface area contributed by atoms with Crippen molar-refractivity contribution in [3.8, 4) is 0 Å². The third-order valence-electron chi connectivity index (χ3n) is 2.13. The first kappa shape index (κ1) is 10.8. The summed E-state index contributed by atoms with van der Waals surface area (Å²) in [7, 11) is 0. The van der Waals surface area contributed by atoms with Gasteiger partial charge in [0.05, 0.1) is 12.2 Å². The van der Waals surface area contributed by atoms with E-state index in [1.807, 2.05) is 0 Å². The van der Waals surface area contributed by atoms with Gasteiger partial charge in [0.1, 0.15) is 6.61 Å². The second kappa shape index (κ2) is 4.28. The van der Waals surface area contributed by atoms with E-state index in [2.05, 4.69) is 4.74 Å². The summed E-state index contributed by atoms with van der Waals surface area (Å²) < 4.78 is 39.8. The summed E-state index contributed by atoms with van der Waals surface area (Å²) in [5.41, 5.74) is 0. The Morgan fingerprint density at radius 1 is 1.23 bits per heavy atom. The highest BCUT2D eigenvalue weighted by atomic mass is 19.4. The predicted octanol–water partition coefficient (Wildman–Crippen LogP) is 1.87. The number of halogens is 3. The number of aliphatic hydroxyl groups is 1. The van der Waals surface area contributed by atoms with Gasteiger partial charge >= 0.3 is 6.18 Å². The van der Waals surface area contributed by atoms with Crippen LogP contribution in [0.3, 0.4) is 0 Å². The molecule has 1 rings (SSSR count). The predicted molar refractivity (Wildman–Crippen MR) is 40.3 cm³/mol. The molecule has 0 aromatic carbocycles. The Morgan fingerprint density at radius 2 is 1.85 bits per heavy atom. The molecule has 0 amide bonds. The lowest BCUT2D eigenvalue weighted by Crippen LogP contribution is -2.35. The van der Waals surface area contributed by atoms with E-state index in [0.717, 1.165) is 12.8 Å². The summed E-state index contributed by atoms with van der Waals surface area (Å²) in [5.74, 6) is 0. The first-order chi connectivity index (χ1) is 5.99. The van der Waals surface area contributed by atoms with Crippen LogP contribution in [0.5, 0.6) is 0 Å². The Kier molecular flexibility index (Phi) is 3.55. The van der Waals surface area contributed by atoms with Crippen molar-refractivity contribution in [2.24, 2.45) is 0 Å². The van der Waals surface area contributed by atoms with Gasteiger partial charge < -0.3 is 9.84 Å². The van der Waals surface area contributed by atoms with Crippen LogP contribution in [-0.2, 0) is 4.74 Å². The van der Waals surface area contributed by atoms with Crippen molar-refractivity contribution in [1.29, 1.82) is 0 Å². The quantitative estimate of drug-likeness (QED) is 0.733.